The summed E-state index contributed by atoms with van der Waals surface area (Å²) in [5.41, 5.74) is 1.16. The zero-order chi connectivity index (χ0) is 13.0. The second-order valence-corrected chi connectivity index (χ2v) is 3.38. The lowest BCUT2D eigenvalue weighted by Crippen LogP contribution is -1.96. The van der Waals surface area contributed by atoms with E-state index in [-0.39, 0.29) is 11.8 Å². The molecule has 18 heavy (non-hydrogen) atoms. The lowest BCUT2D eigenvalue weighted by Gasteiger charge is -2.08. The standard InChI is InChI=1S/C12H9FN4O/c1-18-11-3-2-9(13)4-10(11)8-5-15-12(16-6-8)17-7-14/h2-6H,1H3,(H,15,16,17). The van der Waals surface area contributed by atoms with Crippen LogP contribution in [0.3, 0.4) is 0 Å². The number of halogens is 1. The van der Waals surface area contributed by atoms with Crippen LogP contribution in [0.15, 0.2) is 30.6 Å². The molecule has 6 heteroatoms. The highest BCUT2D eigenvalue weighted by Crippen LogP contribution is 2.29. The van der Waals surface area contributed by atoms with Crippen LogP contribution in [-0.4, -0.2) is 17.1 Å². The van der Waals surface area contributed by atoms with E-state index in [0.717, 1.165) is 0 Å². The normalized spacial score (nSPS) is 9.61. The summed E-state index contributed by atoms with van der Waals surface area (Å²) >= 11 is 0. The first-order valence-corrected chi connectivity index (χ1v) is 5.05. The molecular weight excluding hydrogens is 235 g/mol. The number of ether oxygens (including phenoxy) is 1. The fourth-order valence-corrected chi connectivity index (χ4v) is 1.49. The van der Waals surface area contributed by atoms with Crippen molar-refractivity contribution in [1.82, 2.24) is 9.97 Å². The van der Waals surface area contributed by atoms with Gasteiger partial charge in [-0.1, -0.05) is 0 Å². The number of hydrogen-bond donors (Lipinski definition) is 1. The maximum atomic E-state index is 13.2. The van der Waals surface area contributed by atoms with Crippen molar-refractivity contribution < 1.29 is 9.13 Å². The topological polar surface area (TPSA) is 70.8 Å². The highest BCUT2D eigenvalue weighted by molar-refractivity contribution is 5.69. The van der Waals surface area contributed by atoms with Gasteiger partial charge in [-0.2, -0.15) is 5.26 Å². The van der Waals surface area contributed by atoms with E-state index in [2.05, 4.69) is 15.3 Å². The number of methoxy groups -OCH3 is 1. The summed E-state index contributed by atoms with van der Waals surface area (Å²) < 4.78 is 18.4. The van der Waals surface area contributed by atoms with Crippen LogP contribution >= 0.6 is 0 Å². The minimum atomic E-state index is -0.370. The predicted octanol–water partition coefficient (Wildman–Crippen LogP) is 2.18. The first-order chi connectivity index (χ1) is 8.74. The molecular formula is C12H9FN4O. The summed E-state index contributed by atoms with van der Waals surface area (Å²) in [7, 11) is 1.50. The van der Waals surface area contributed by atoms with Crippen molar-refractivity contribution in [2.75, 3.05) is 12.4 Å². The molecule has 0 atom stereocenters. The molecule has 1 heterocycles. The number of nitrogens with zero attached hydrogens (tertiary/aromatic N) is 3. The van der Waals surface area contributed by atoms with Crippen LogP contribution in [0.5, 0.6) is 5.75 Å². The van der Waals surface area contributed by atoms with E-state index >= 15 is 0 Å². The molecule has 0 amide bonds. The maximum Gasteiger partial charge on any atom is 0.236 e. The molecule has 5 nitrogen and oxygen atoms in total. The Hall–Kier alpha value is -2.68. The maximum absolute atomic E-state index is 13.2. The van der Waals surface area contributed by atoms with Crippen LogP contribution in [-0.2, 0) is 0 Å². The Bertz CT molecular complexity index is 592. The summed E-state index contributed by atoms with van der Waals surface area (Å²) in [4.78, 5) is 7.85. The predicted molar refractivity (Wildman–Crippen MR) is 63.2 cm³/mol. The molecule has 2 rings (SSSR count). The molecule has 1 aromatic carbocycles. The number of benzene rings is 1. The van der Waals surface area contributed by atoms with E-state index in [1.54, 1.807) is 6.19 Å². The first-order valence-electron chi connectivity index (χ1n) is 5.05. The molecule has 0 aliphatic rings. The largest absolute Gasteiger partial charge is 0.496 e. The van der Waals surface area contributed by atoms with Crippen LogP contribution in [0.4, 0.5) is 10.3 Å². The zero-order valence-corrected chi connectivity index (χ0v) is 9.51. The number of anilines is 1. The van der Waals surface area contributed by atoms with Crippen LogP contribution in [0.25, 0.3) is 11.1 Å². The Morgan fingerprint density at radius 1 is 1.33 bits per heavy atom. The molecule has 2 aromatic rings. The molecule has 0 fully saturated rings. The summed E-state index contributed by atoms with van der Waals surface area (Å²) in [6, 6.07) is 4.19. The molecule has 0 saturated carbocycles. The Balaban J connectivity index is 2.42. The van der Waals surface area contributed by atoms with Gasteiger partial charge in [-0.15, -0.1) is 0 Å². The summed E-state index contributed by atoms with van der Waals surface area (Å²) in [5, 5.41) is 10.7. The minimum absolute atomic E-state index is 0.191. The Labute approximate surface area is 103 Å². The van der Waals surface area contributed by atoms with E-state index in [4.69, 9.17) is 10.00 Å². The highest BCUT2D eigenvalue weighted by atomic mass is 19.1. The Morgan fingerprint density at radius 2 is 2.06 bits per heavy atom. The monoisotopic (exact) mass is 244 g/mol. The minimum Gasteiger partial charge on any atom is -0.496 e. The highest BCUT2D eigenvalue weighted by Gasteiger charge is 2.08. The van der Waals surface area contributed by atoms with Gasteiger partial charge in [0.2, 0.25) is 5.95 Å². The van der Waals surface area contributed by atoms with E-state index in [0.29, 0.717) is 16.9 Å². The molecule has 0 aliphatic heterocycles. The lowest BCUT2D eigenvalue weighted by atomic mass is 10.1. The van der Waals surface area contributed by atoms with Gasteiger partial charge < -0.3 is 4.74 Å². The average molecular weight is 244 g/mol. The van der Waals surface area contributed by atoms with Crippen molar-refractivity contribution in [3.63, 3.8) is 0 Å². The van der Waals surface area contributed by atoms with E-state index in [1.807, 2.05) is 0 Å². The van der Waals surface area contributed by atoms with Gasteiger partial charge in [0.05, 0.1) is 7.11 Å². The Morgan fingerprint density at radius 3 is 2.67 bits per heavy atom. The van der Waals surface area contributed by atoms with Crippen molar-refractivity contribution in [2.24, 2.45) is 0 Å². The van der Waals surface area contributed by atoms with Crippen molar-refractivity contribution in [2.45, 2.75) is 0 Å². The van der Waals surface area contributed by atoms with E-state index in [9.17, 15) is 4.39 Å². The Kier molecular flexibility index (Phi) is 3.34. The van der Waals surface area contributed by atoms with E-state index in [1.165, 1.54) is 37.7 Å². The number of nitriles is 1. The van der Waals surface area contributed by atoms with Gasteiger partial charge in [-0.05, 0) is 18.2 Å². The van der Waals surface area contributed by atoms with Gasteiger partial charge in [0.1, 0.15) is 11.6 Å². The van der Waals surface area contributed by atoms with Crippen molar-refractivity contribution in [3.8, 4) is 23.1 Å². The molecule has 0 bridgehead atoms. The van der Waals surface area contributed by atoms with Crippen molar-refractivity contribution >= 4 is 5.95 Å². The molecule has 0 aliphatic carbocycles. The van der Waals surface area contributed by atoms with Gasteiger partial charge in [-0.3, -0.25) is 5.32 Å². The third-order valence-electron chi connectivity index (χ3n) is 2.29. The fraction of sp³-hybridized carbons (Fsp3) is 0.0833. The zero-order valence-electron chi connectivity index (χ0n) is 9.51. The third-order valence-corrected chi connectivity index (χ3v) is 2.29. The molecule has 1 aromatic heterocycles. The van der Waals surface area contributed by atoms with Gasteiger partial charge in [-0.25, -0.2) is 14.4 Å². The fourth-order valence-electron chi connectivity index (χ4n) is 1.49. The SMILES string of the molecule is COc1ccc(F)cc1-c1cnc(NC#N)nc1. The summed E-state index contributed by atoms with van der Waals surface area (Å²) in [6.07, 6.45) is 4.70. The van der Waals surface area contributed by atoms with Crippen LogP contribution < -0.4 is 10.1 Å². The summed E-state index contributed by atoms with van der Waals surface area (Å²) in [6.45, 7) is 0. The first kappa shape index (κ1) is 11.8. The number of rotatable bonds is 3. The molecule has 0 unspecified atom stereocenters. The average Bonchev–Trinajstić information content (AvgIpc) is 2.40. The molecule has 90 valence electrons. The van der Waals surface area contributed by atoms with Crippen LogP contribution in [0.2, 0.25) is 0 Å². The quantitative estimate of drug-likeness (QED) is 0.662. The van der Waals surface area contributed by atoms with Gasteiger partial charge in [0.15, 0.2) is 6.19 Å². The third kappa shape index (κ3) is 2.35. The second-order valence-electron chi connectivity index (χ2n) is 3.38. The van der Waals surface area contributed by atoms with Crippen molar-refractivity contribution in [1.29, 1.82) is 5.26 Å². The summed E-state index contributed by atoms with van der Waals surface area (Å²) in [5.74, 6) is 0.350. The molecule has 0 radical (unpaired) electrons. The van der Waals surface area contributed by atoms with Gasteiger partial charge in [0, 0.05) is 23.5 Å². The number of hydrogen-bond acceptors (Lipinski definition) is 5. The molecule has 0 spiro atoms. The van der Waals surface area contributed by atoms with Crippen molar-refractivity contribution in [3.05, 3.63) is 36.4 Å². The number of nitrogens with one attached hydrogen (secondary N) is 1. The lowest BCUT2D eigenvalue weighted by molar-refractivity contribution is 0.415. The second kappa shape index (κ2) is 5.10. The van der Waals surface area contributed by atoms with E-state index < -0.39 is 0 Å². The van der Waals surface area contributed by atoms with Crippen LogP contribution in [0, 0.1) is 17.3 Å². The van der Waals surface area contributed by atoms with Crippen LogP contribution in [0.1, 0.15) is 0 Å². The molecule has 1 N–H and O–H groups in total. The number of aromatic nitrogens is 2. The molecule has 0 saturated heterocycles. The van der Waals surface area contributed by atoms with Gasteiger partial charge >= 0.3 is 0 Å². The smallest absolute Gasteiger partial charge is 0.236 e. The van der Waals surface area contributed by atoms with Gasteiger partial charge in [0.25, 0.3) is 0 Å².